The molecule has 0 spiro atoms. The Bertz CT molecular complexity index is 1010. The van der Waals surface area contributed by atoms with E-state index in [1.165, 1.54) is 28.9 Å². The third-order valence-electron chi connectivity index (χ3n) is 6.39. The Kier molecular flexibility index (Phi) is 9.57. The molecule has 8 heteroatoms. The van der Waals surface area contributed by atoms with Crippen LogP contribution >= 0.6 is 11.3 Å². The molecular formula is C27H33F2NO4S. The van der Waals surface area contributed by atoms with Crippen molar-refractivity contribution in [2.24, 2.45) is 5.92 Å². The molecule has 1 amide bonds. The van der Waals surface area contributed by atoms with Crippen molar-refractivity contribution in [2.45, 2.75) is 63.5 Å². The molecule has 0 saturated carbocycles. The monoisotopic (exact) mass is 505 g/mol. The van der Waals surface area contributed by atoms with E-state index >= 15 is 0 Å². The number of amides is 1. The average molecular weight is 506 g/mol. The molecule has 0 radical (unpaired) electrons. The highest BCUT2D eigenvalue weighted by Crippen LogP contribution is 2.34. The van der Waals surface area contributed by atoms with Crippen LogP contribution in [0.3, 0.4) is 0 Å². The Morgan fingerprint density at radius 2 is 1.97 bits per heavy atom. The van der Waals surface area contributed by atoms with Crippen LogP contribution in [-0.2, 0) is 22.4 Å². The van der Waals surface area contributed by atoms with Crippen molar-refractivity contribution >= 4 is 23.2 Å². The lowest BCUT2D eigenvalue weighted by Gasteiger charge is -2.22. The standard InChI is InChI=1S/C27H33F2NO4S/c1-19(8-6-11-20-9-4-3-5-10-20)23(31)15-13-21-18-27(28,29)26(33)30(21)17-7-12-22-14-16-24(35-22)25(32)34-2/h3-5,9-10,13-16,19,21,23,31H,6-8,11-12,17-18H2,1-2H3/t19-,21+,23?/m1/s1. The third-order valence-corrected chi connectivity index (χ3v) is 7.52. The summed E-state index contributed by atoms with van der Waals surface area (Å²) in [5, 5.41) is 10.5. The molecule has 0 bridgehead atoms. The summed E-state index contributed by atoms with van der Waals surface area (Å²) in [5.74, 6) is -5.00. The van der Waals surface area contributed by atoms with E-state index < -0.39 is 36.4 Å². The summed E-state index contributed by atoms with van der Waals surface area (Å²) in [6.07, 6.45) is 5.47. The predicted molar refractivity (Wildman–Crippen MR) is 133 cm³/mol. The van der Waals surface area contributed by atoms with Crippen molar-refractivity contribution in [3.63, 3.8) is 0 Å². The van der Waals surface area contributed by atoms with Crippen molar-refractivity contribution in [1.82, 2.24) is 4.90 Å². The van der Waals surface area contributed by atoms with Crippen molar-refractivity contribution in [1.29, 1.82) is 0 Å². The fourth-order valence-corrected chi connectivity index (χ4v) is 5.25. The van der Waals surface area contributed by atoms with Crippen molar-refractivity contribution in [3.8, 4) is 0 Å². The Labute approximate surface area is 209 Å². The van der Waals surface area contributed by atoms with Crippen molar-refractivity contribution < 1.29 is 28.2 Å². The molecule has 3 rings (SSSR count). The van der Waals surface area contributed by atoms with Crippen LogP contribution < -0.4 is 0 Å². The fraction of sp³-hybridized carbons (Fsp3) is 0.481. The van der Waals surface area contributed by atoms with Crippen LogP contribution in [0.5, 0.6) is 0 Å². The number of aliphatic hydroxyl groups is 1. The predicted octanol–water partition coefficient (Wildman–Crippen LogP) is 5.28. The topological polar surface area (TPSA) is 66.8 Å². The summed E-state index contributed by atoms with van der Waals surface area (Å²) >= 11 is 1.30. The fourth-order valence-electron chi connectivity index (χ4n) is 4.28. The van der Waals surface area contributed by atoms with Gasteiger partial charge in [0.15, 0.2) is 0 Å². The van der Waals surface area contributed by atoms with Gasteiger partial charge in [0.1, 0.15) is 4.88 Å². The van der Waals surface area contributed by atoms with Gasteiger partial charge >= 0.3 is 11.9 Å². The van der Waals surface area contributed by atoms with Crippen LogP contribution in [0.1, 0.15) is 52.7 Å². The lowest BCUT2D eigenvalue weighted by atomic mass is 9.95. The zero-order valence-electron chi connectivity index (χ0n) is 20.2. The number of carbonyl (C=O) groups is 2. The molecule has 1 fully saturated rings. The lowest BCUT2D eigenvalue weighted by molar-refractivity contribution is -0.148. The molecule has 190 valence electrons. The van der Waals surface area contributed by atoms with E-state index in [4.69, 9.17) is 4.74 Å². The number of ether oxygens (including phenoxy) is 1. The molecule has 2 heterocycles. The molecule has 1 aromatic heterocycles. The summed E-state index contributed by atoms with van der Waals surface area (Å²) in [7, 11) is 1.32. The van der Waals surface area contributed by atoms with E-state index in [1.807, 2.05) is 31.2 Å². The molecule has 1 saturated heterocycles. The molecule has 5 nitrogen and oxygen atoms in total. The highest BCUT2D eigenvalue weighted by molar-refractivity contribution is 7.13. The first kappa shape index (κ1) is 27.0. The number of aliphatic hydroxyl groups excluding tert-OH is 1. The minimum absolute atomic E-state index is 0.0242. The first-order valence-electron chi connectivity index (χ1n) is 12.0. The van der Waals surface area contributed by atoms with E-state index in [0.717, 1.165) is 24.1 Å². The van der Waals surface area contributed by atoms with Crippen molar-refractivity contribution in [3.05, 3.63) is 69.9 Å². The lowest BCUT2D eigenvalue weighted by Crippen LogP contribution is -2.36. The maximum absolute atomic E-state index is 14.2. The van der Waals surface area contributed by atoms with E-state index in [-0.39, 0.29) is 12.5 Å². The van der Waals surface area contributed by atoms with E-state index in [2.05, 4.69) is 12.1 Å². The molecular weight excluding hydrogens is 472 g/mol. The molecule has 1 aliphatic rings. The number of alkyl halides is 2. The Hall–Kier alpha value is -2.58. The van der Waals surface area contributed by atoms with E-state index in [1.54, 1.807) is 18.2 Å². The maximum Gasteiger partial charge on any atom is 0.348 e. The average Bonchev–Trinajstić information content (AvgIpc) is 3.40. The summed E-state index contributed by atoms with van der Waals surface area (Å²) in [6, 6.07) is 12.9. The number of methoxy groups -OCH3 is 1. The Balaban J connectivity index is 1.51. The molecule has 0 aliphatic carbocycles. The quantitative estimate of drug-likeness (QED) is 0.315. The van der Waals surface area contributed by atoms with Gasteiger partial charge in [-0.3, -0.25) is 4.79 Å². The summed E-state index contributed by atoms with van der Waals surface area (Å²) in [6.45, 7) is 2.12. The molecule has 1 N–H and O–H groups in total. The van der Waals surface area contributed by atoms with Crippen LogP contribution in [0.4, 0.5) is 8.78 Å². The summed E-state index contributed by atoms with van der Waals surface area (Å²) in [4.78, 5) is 26.5. The van der Waals surface area contributed by atoms with Gasteiger partial charge in [-0.1, -0.05) is 49.4 Å². The van der Waals surface area contributed by atoms with E-state index in [0.29, 0.717) is 17.7 Å². The summed E-state index contributed by atoms with van der Waals surface area (Å²) < 4.78 is 33.1. The number of rotatable bonds is 12. The zero-order chi connectivity index (χ0) is 25.4. The highest BCUT2D eigenvalue weighted by Gasteiger charge is 2.52. The van der Waals surface area contributed by atoms with E-state index in [9.17, 15) is 23.5 Å². The number of benzene rings is 1. The molecule has 1 aliphatic heterocycles. The number of thiophene rings is 1. The normalized spacial score (nSPS) is 19.3. The van der Waals surface area contributed by atoms with Gasteiger partial charge in [0, 0.05) is 17.8 Å². The van der Waals surface area contributed by atoms with Crippen LogP contribution in [0.2, 0.25) is 0 Å². The molecule has 2 aromatic rings. The molecule has 3 atom stereocenters. The van der Waals surface area contributed by atoms with Crippen LogP contribution in [0.25, 0.3) is 0 Å². The van der Waals surface area contributed by atoms with Crippen LogP contribution in [-0.4, -0.2) is 53.6 Å². The van der Waals surface area contributed by atoms with Crippen LogP contribution in [0.15, 0.2) is 54.6 Å². The molecule has 35 heavy (non-hydrogen) atoms. The number of aryl methyl sites for hydroxylation is 2. The SMILES string of the molecule is COC(=O)c1ccc(CCCN2C(=O)C(F)(F)C[C@@H]2C=CC(O)[C@H](C)CCCc2ccccc2)s1. The molecule has 1 unspecified atom stereocenters. The van der Waals surface area contributed by atoms with Crippen molar-refractivity contribution in [2.75, 3.05) is 13.7 Å². The number of hydrogen-bond acceptors (Lipinski definition) is 5. The van der Waals surface area contributed by atoms with Gasteiger partial charge in [0.2, 0.25) is 0 Å². The second-order valence-corrected chi connectivity index (χ2v) is 10.2. The number of halogens is 2. The third kappa shape index (κ3) is 7.45. The number of likely N-dealkylation sites (tertiary alicyclic amines) is 1. The van der Waals surface area contributed by atoms with Gasteiger partial charge in [0.05, 0.1) is 19.3 Å². The minimum atomic E-state index is -3.40. The van der Waals surface area contributed by atoms with Gasteiger partial charge in [-0.25, -0.2) is 4.79 Å². The number of hydrogen-bond donors (Lipinski definition) is 1. The Morgan fingerprint density at radius 1 is 1.23 bits per heavy atom. The largest absolute Gasteiger partial charge is 0.465 e. The summed E-state index contributed by atoms with van der Waals surface area (Å²) in [5.41, 5.74) is 1.25. The first-order chi connectivity index (χ1) is 16.7. The van der Waals surface area contributed by atoms with Gasteiger partial charge in [-0.2, -0.15) is 8.78 Å². The zero-order valence-corrected chi connectivity index (χ0v) is 21.0. The van der Waals surface area contributed by atoms with Gasteiger partial charge in [-0.05, 0) is 55.7 Å². The van der Waals surface area contributed by atoms with Gasteiger partial charge in [0.25, 0.3) is 5.91 Å². The Morgan fingerprint density at radius 3 is 2.69 bits per heavy atom. The van der Waals surface area contributed by atoms with Gasteiger partial charge < -0.3 is 14.7 Å². The number of esters is 1. The minimum Gasteiger partial charge on any atom is -0.465 e. The van der Waals surface area contributed by atoms with Gasteiger partial charge in [-0.15, -0.1) is 11.3 Å². The maximum atomic E-state index is 14.2. The smallest absolute Gasteiger partial charge is 0.348 e. The number of carbonyl (C=O) groups excluding carboxylic acids is 2. The second kappa shape index (κ2) is 12.4. The van der Waals surface area contributed by atoms with Crippen LogP contribution in [0, 0.1) is 5.92 Å². The number of nitrogens with zero attached hydrogens (tertiary/aromatic N) is 1. The second-order valence-electron chi connectivity index (χ2n) is 9.07. The first-order valence-corrected chi connectivity index (χ1v) is 12.8. The molecule has 1 aromatic carbocycles. The highest BCUT2D eigenvalue weighted by atomic mass is 32.1.